The maximum Gasteiger partial charge on any atom is 0.433 e. The summed E-state index contributed by atoms with van der Waals surface area (Å²) in [5, 5.41) is 8.20. The molecule has 0 aliphatic carbocycles. The zero-order valence-corrected chi connectivity index (χ0v) is 15.5. The maximum atomic E-state index is 13.6. The number of aromatic nitrogens is 3. The van der Waals surface area contributed by atoms with Crippen LogP contribution in [0.5, 0.6) is 0 Å². The molecule has 0 amide bonds. The number of H-pyrrole nitrogens is 1. The third-order valence-electron chi connectivity index (χ3n) is 3.97. The number of nitrogens with zero attached hydrogens (tertiary/aromatic N) is 2. The van der Waals surface area contributed by atoms with Crippen molar-refractivity contribution in [3.05, 3.63) is 63.3 Å². The molecule has 2 N–H and O–H groups in total. The molecule has 2 aromatic heterocycles. The van der Waals surface area contributed by atoms with Crippen molar-refractivity contribution in [1.29, 1.82) is 0 Å². The average Bonchev–Trinajstić information content (AvgIpc) is 2.60. The van der Waals surface area contributed by atoms with E-state index < -0.39 is 28.6 Å². The number of hydrogen-bond donors (Lipinski definition) is 2. The third kappa shape index (κ3) is 4.01. The van der Waals surface area contributed by atoms with E-state index in [0.29, 0.717) is 4.90 Å². The van der Waals surface area contributed by atoms with E-state index in [9.17, 15) is 22.8 Å². The summed E-state index contributed by atoms with van der Waals surface area (Å²) in [6, 6.07) is 6.95. The molecule has 0 saturated carbocycles. The van der Waals surface area contributed by atoms with Gasteiger partial charge in [0, 0.05) is 10.1 Å². The monoisotopic (exact) mass is 409 g/mol. The minimum absolute atomic E-state index is 0.0257. The molecule has 3 rings (SSSR count). The number of fused-ring (bicyclic) bond motifs is 1. The van der Waals surface area contributed by atoms with Crippen LogP contribution in [0.2, 0.25) is 0 Å². The van der Waals surface area contributed by atoms with Crippen molar-refractivity contribution in [1.82, 2.24) is 15.0 Å². The molecule has 0 aliphatic rings. The van der Waals surface area contributed by atoms with Gasteiger partial charge in [-0.1, -0.05) is 0 Å². The van der Waals surface area contributed by atoms with Gasteiger partial charge in [0.25, 0.3) is 5.56 Å². The Hall–Kier alpha value is -2.88. The SMILES string of the molecule is Cc1nc2nc(C(F)(F)F)c([C@H](C)Sc3ccc(C(=O)O)cc3)cc2c(=O)[nH]1. The Morgan fingerprint density at radius 2 is 1.86 bits per heavy atom. The van der Waals surface area contributed by atoms with Crippen molar-refractivity contribution in [2.75, 3.05) is 0 Å². The van der Waals surface area contributed by atoms with E-state index >= 15 is 0 Å². The Balaban J connectivity index is 2.06. The van der Waals surface area contributed by atoms with Gasteiger partial charge in [0.05, 0.1) is 10.9 Å². The van der Waals surface area contributed by atoms with Crippen LogP contribution in [0.25, 0.3) is 11.0 Å². The Morgan fingerprint density at radius 3 is 2.43 bits per heavy atom. The van der Waals surface area contributed by atoms with Crippen LogP contribution in [0.1, 0.15) is 39.6 Å². The topological polar surface area (TPSA) is 95.9 Å². The summed E-state index contributed by atoms with van der Waals surface area (Å²) in [4.78, 5) is 33.6. The molecule has 3 aromatic rings. The Bertz CT molecular complexity index is 1110. The molecule has 0 spiro atoms. The van der Waals surface area contributed by atoms with Crippen molar-refractivity contribution in [2.45, 2.75) is 30.2 Å². The second-order valence-electron chi connectivity index (χ2n) is 6.04. The first-order valence-electron chi connectivity index (χ1n) is 8.05. The molecule has 1 aromatic carbocycles. The number of nitrogens with one attached hydrogen (secondary N) is 1. The number of carboxylic acids is 1. The number of aromatic amines is 1. The zero-order chi connectivity index (χ0) is 20.6. The number of carboxylic acid groups (broad SMARTS) is 1. The minimum atomic E-state index is -4.72. The summed E-state index contributed by atoms with van der Waals surface area (Å²) in [5.74, 6) is -0.920. The molecule has 1 atom stereocenters. The fourth-order valence-electron chi connectivity index (χ4n) is 2.67. The van der Waals surface area contributed by atoms with Gasteiger partial charge in [-0.3, -0.25) is 4.79 Å². The molecular formula is C18H14F3N3O3S. The van der Waals surface area contributed by atoms with Crippen LogP contribution in [0.15, 0.2) is 40.0 Å². The number of alkyl halides is 3. The van der Waals surface area contributed by atoms with E-state index in [1.165, 1.54) is 37.3 Å². The summed E-state index contributed by atoms with van der Waals surface area (Å²) in [6.45, 7) is 3.02. The highest BCUT2D eigenvalue weighted by molar-refractivity contribution is 7.99. The molecule has 146 valence electrons. The molecule has 28 heavy (non-hydrogen) atoms. The number of pyridine rings is 1. The molecule has 6 nitrogen and oxygen atoms in total. The highest BCUT2D eigenvalue weighted by Gasteiger charge is 2.37. The predicted octanol–water partition coefficient (Wildman–Crippen LogP) is 4.20. The highest BCUT2D eigenvalue weighted by Crippen LogP contribution is 2.41. The molecule has 0 saturated heterocycles. The second kappa shape index (κ2) is 7.27. The van der Waals surface area contributed by atoms with Crippen LogP contribution in [-0.4, -0.2) is 26.0 Å². The summed E-state index contributed by atoms with van der Waals surface area (Å²) in [5.41, 5.74) is -2.00. The molecular weight excluding hydrogens is 395 g/mol. The van der Waals surface area contributed by atoms with Gasteiger partial charge in [-0.25, -0.2) is 14.8 Å². The van der Waals surface area contributed by atoms with E-state index in [1.807, 2.05) is 0 Å². The van der Waals surface area contributed by atoms with E-state index in [1.54, 1.807) is 6.92 Å². The minimum Gasteiger partial charge on any atom is -0.478 e. The smallest absolute Gasteiger partial charge is 0.433 e. The highest BCUT2D eigenvalue weighted by atomic mass is 32.2. The van der Waals surface area contributed by atoms with Gasteiger partial charge in [-0.15, -0.1) is 11.8 Å². The maximum absolute atomic E-state index is 13.6. The van der Waals surface area contributed by atoms with Crippen LogP contribution < -0.4 is 5.56 Å². The first-order chi connectivity index (χ1) is 13.1. The van der Waals surface area contributed by atoms with E-state index in [2.05, 4.69) is 15.0 Å². The lowest BCUT2D eigenvalue weighted by molar-refractivity contribution is -0.141. The zero-order valence-electron chi connectivity index (χ0n) is 14.7. The van der Waals surface area contributed by atoms with Crippen molar-refractivity contribution < 1.29 is 23.1 Å². The number of halogens is 3. The molecule has 0 aliphatic heterocycles. The van der Waals surface area contributed by atoms with E-state index in [0.717, 1.165) is 11.8 Å². The molecule has 0 fully saturated rings. The number of hydrogen-bond acceptors (Lipinski definition) is 5. The Morgan fingerprint density at radius 1 is 1.21 bits per heavy atom. The van der Waals surface area contributed by atoms with Gasteiger partial charge in [-0.2, -0.15) is 13.2 Å². The average molecular weight is 409 g/mol. The van der Waals surface area contributed by atoms with Crippen LogP contribution in [0.3, 0.4) is 0 Å². The second-order valence-corrected chi connectivity index (χ2v) is 7.45. The standard InChI is InChI=1S/C18H14F3N3O3S/c1-8(28-11-5-3-10(4-6-11)17(26)27)12-7-13-15(22-9(2)23-16(13)25)24-14(12)18(19,20)21/h3-8H,1-2H3,(H,26,27)(H,22,23,24,25)/t8-/m0/s1. The Labute approximate surface area is 160 Å². The lowest BCUT2D eigenvalue weighted by atomic mass is 10.1. The predicted molar refractivity (Wildman–Crippen MR) is 97.6 cm³/mol. The molecule has 0 radical (unpaired) electrons. The van der Waals surface area contributed by atoms with Gasteiger partial charge in [0.15, 0.2) is 11.3 Å². The largest absolute Gasteiger partial charge is 0.478 e. The summed E-state index contributed by atoms with van der Waals surface area (Å²) >= 11 is 1.10. The lowest BCUT2D eigenvalue weighted by Crippen LogP contribution is -2.17. The molecule has 0 unspecified atom stereocenters. The number of carbonyl (C=O) groups is 1. The quantitative estimate of drug-likeness (QED) is 0.627. The van der Waals surface area contributed by atoms with Crippen LogP contribution >= 0.6 is 11.8 Å². The lowest BCUT2D eigenvalue weighted by Gasteiger charge is -2.18. The van der Waals surface area contributed by atoms with Crippen molar-refractivity contribution in [2.24, 2.45) is 0 Å². The number of aromatic carboxylic acids is 1. The van der Waals surface area contributed by atoms with Crippen LogP contribution in [0.4, 0.5) is 13.2 Å². The Kier molecular flexibility index (Phi) is 5.16. The fourth-order valence-corrected chi connectivity index (χ4v) is 3.68. The summed E-state index contributed by atoms with van der Waals surface area (Å²) in [7, 11) is 0. The number of aryl methyl sites for hydroxylation is 1. The first-order valence-corrected chi connectivity index (χ1v) is 8.93. The van der Waals surface area contributed by atoms with Crippen molar-refractivity contribution in [3.8, 4) is 0 Å². The normalized spacial score (nSPS) is 12.9. The fraction of sp³-hybridized carbons (Fsp3) is 0.222. The molecule has 0 bridgehead atoms. The van der Waals surface area contributed by atoms with Crippen LogP contribution in [-0.2, 0) is 6.18 Å². The van der Waals surface area contributed by atoms with Gasteiger partial charge in [0.1, 0.15) is 5.82 Å². The molecule has 2 heterocycles. The van der Waals surface area contributed by atoms with Crippen LogP contribution in [0, 0.1) is 6.92 Å². The van der Waals surface area contributed by atoms with Gasteiger partial charge >= 0.3 is 12.1 Å². The first kappa shape index (κ1) is 19.9. The van der Waals surface area contributed by atoms with Gasteiger partial charge in [0.2, 0.25) is 0 Å². The molecule has 10 heteroatoms. The summed E-state index contributed by atoms with van der Waals surface area (Å²) < 4.78 is 40.7. The van der Waals surface area contributed by atoms with Gasteiger partial charge in [-0.05, 0) is 49.7 Å². The van der Waals surface area contributed by atoms with E-state index in [4.69, 9.17) is 5.11 Å². The van der Waals surface area contributed by atoms with Crippen molar-refractivity contribution >= 4 is 28.8 Å². The summed E-state index contributed by atoms with van der Waals surface area (Å²) in [6.07, 6.45) is -4.72. The third-order valence-corrected chi connectivity index (χ3v) is 5.12. The number of benzene rings is 1. The van der Waals surface area contributed by atoms with Crippen molar-refractivity contribution in [3.63, 3.8) is 0 Å². The number of rotatable bonds is 4. The van der Waals surface area contributed by atoms with E-state index in [-0.39, 0.29) is 28.0 Å². The van der Waals surface area contributed by atoms with Gasteiger partial charge < -0.3 is 10.1 Å². The number of thioether (sulfide) groups is 1.